The highest BCUT2D eigenvalue weighted by molar-refractivity contribution is 7.86. The van der Waals surface area contributed by atoms with Crippen LogP contribution in [0.2, 0.25) is 0 Å². The largest absolute Gasteiger partial charge is 0.323 e. The van der Waals surface area contributed by atoms with Crippen molar-refractivity contribution in [3.63, 3.8) is 0 Å². The van der Waals surface area contributed by atoms with Crippen LogP contribution >= 0.6 is 0 Å². The van der Waals surface area contributed by atoms with Crippen molar-refractivity contribution in [2.75, 3.05) is 44.6 Å². The van der Waals surface area contributed by atoms with Gasteiger partial charge in [0, 0.05) is 52.5 Å². The average molecular weight is 385 g/mol. The molecule has 1 N–H and O–H groups in total. The van der Waals surface area contributed by atoms with Crippen LogP contribution in [0.3, 0.4) is 0 Å². The molecular formula is C16H28N6O3S. The number of hydrogen-bond donors (Lipinski definition) is 1. The minimum atomic E-state index is -3.42. The number of aryl methyl sites for hydroxylation is 2. The smallest absolute Gasteiger partial charge is 0.321 e. The van der Waals surface area contributed by atoms with Crippen LogP contribution in [0.4, 0.5) is 10.5 Å². The fourth-order valence-corrected chi connectivity index (χ4v) is 5.22. The van der Waals surface area contributed by atoms with Crippen LogP contribution in [-0.4, -0.2) is 77.0 Å². The Balaban J connectivity index is 1.60. The summed E-state index contributed by atoms with van der Waals surface area (Å²) in [6.07, 6.45) is 5.33. The fourth-order valence-electron chi connectivity index (χ4n) is 3.50. The number of hydrogen-bond acceptors (Lipinski definition) is 4. The first-order valence-corrected chi connectivity index (χ1v) is 10.6. The summed E-state index contributed by atoms with van der Waals surface area (Å²) >= 11 is 0. The lowest BCUT2D eigenvalue weighted by molar-refractivity contribution is 0.214. The number of urea groups is 1. The predicted octanol–water partition coefficient (Wildman–Crippen LogP) is 0.999. The van der Waals surface area contributed by atoms with Crippen LogP contribution in [0.25, 0.3) is 0 Å². The molecule has 1 aromatic rings. The zero-order valence-electron chi connectivity index (χ0n) is 15.5. The quantitative estimate of drug-likeness (QED) is 0.842. The molecule has 0 radical (unpaired) electrons. The molecule has 2 amide bonds. The lowest BCUT2D eigenvalue weighted by Gasteiger charge is -2.31. The molecule has 0 saturated carbocycles. The third kappa shape index (κ3) is 4.18. The zero-order chi connectivity index (χ0) is 18.7. The standard InChI is InChI=1S/C16H28N6O3S/c1-14-15(13-19(2)18-14)17-16(23)20-7-6-10-22(12-11-20)26(24,25)21-8-4-3-5-9-21/h13H,3-12H2,1-2H3,(H,17,23). The number of carbonyl (C=O) groups excluding carboxylic acids is 1. The molecule has 2 aliphatic rings. The maximum atomic E-state index is 12.8. The Morgan fingerprint density at radius 1 is 1.00 bits per heavy atom. The number of aromatic nitrogens is 2. The van der Waals surface area contributed by atoms with Crippen LogP contribution in [0, 0.1) is 6.92 Å². The maximum Gasteiger partial charge on any atom is 0.321 e. The Labute approximate surface area is 155 Å². The van der Waals surface area contributed by atoms with Crippen LogP contribution in [0.1, 0.15) is 31.4 Å². The van der Waals surface area contributed by atoms with Crippen molar-refractivity contribution >= 4 is 21.9 Å². The molecule has 146 valence electrons. The second-order valence-electron chi connectivity index (χ2n) is 6.94. The van der Waals surface area contributed by atoms with Gasteiger partial charge in [0.15, 0.2) is 0 Å². The summed E-state index contributed by atoms with van der Waals surface area (Å²) in [4.78, 5) is 14.2. The van der Waals surface area contributed by atoms with Gasteiger partial charge in [0.05, 0.1) is 11.4 Å². The summed E-state index contributed by atoms with van der Waals surface area (Å²) in [6, 6.07) is -0.210. The Hall–Kier alpha value is -1.65. The topological polar surface area (TPSA) is 90.8 Å². The van der Waals surface area contributed by atoms with Gasteiger partial charge in [-0.1, -0.05) is 6.42 Å². The van der Waals surface area contributed by atoms with Gasteiger partial charge in [-0.2, -0.15) is 22.1 Å². The molecule has 0 aliphatic carbocycles. The lowest BCUT2D eigenvalue weighted by atomic mass is 10.2. The van der Waals surface area contributed by atoms with Crippen molar-refractivity contribution in [1.29, 1.82) is 0 Å². The highest BCUT2D eigenvalue weighted by Gasteiger charge is 2.32. The summed E-state index contributed by atoms with van der Waals surface area (Å²) in [7, 11) is -1.62. The van der Waals surface area contributed by atoms with E-state index in [1.165, 1.54) is 4.31 Å². The van der Waals surface area contributed by atoms with E-state index in [1.54, 1.807) is 27.1 Å². The van der Waals surface area contributed by atoms with Crippen LogP contribution in [-0.2, 0) is 17.3 Å². The molecule has 0 aromatic carbocycles. The second kappa shape index (κ2) is 7.93. The molecule has 1 aromatic heterocycles. The minimum Gasteiger partial charge on any atom is -0.323 e. The zero-order valence-corrected chi connectivity index (χ0v) is 16.3. The molecule has 0 atom stereocenters. The van der Waals surface area contributed by atoms with Gasteiger partial charge >= 0.3 is 6.03 Å². The highest BCUT2D eigenvalue weighted by Crippen LogP contribution is 2.19. The van der Waals surface area contributed by atoms with Gasteiger partial charge in [0.1, 0.15) is 0 Å². The van der Waals surface area contributed by atoms with Crippen molar-refractivity contribution in [3.8, 4) is 0 Å². The number of piperidine rings is 1. The van der Waals surface area contributed by atoms with E-state index in [9.17, 15) is 13.2 Å². The Kier molecular flexibility index (Phi) is 5.83. The Morgan fingerprint density at radius 3 is 2.31 bits per heavy atom. The van der Waals surface area contributed by atoms with Crippen LogP contribution < -0.4 is 5.32 Å². The average Bonchev–Trinajstić information content (AvgIpc) is 2.81. The van der Waals surface area contributed by atoms with Gasteiger partial charge in [-0.3, -0.25) is 4.68 Å². The monoisotopic (exact) mass is 384 g/mol. The van der Waals surface area contributed by atoms with E-state index in [0.717, 1.165) is 25.0 Å². The van der Waals surface area contributed by atoms with E-state index in [2.05, 4.69) is 10.4 Å². The van der Waals surface area contributed by atoms with Crippen LogP contribution in [0.15, 0.2) is 6.20 Å². The first kappa shape index (κ1) is 19.1. The molecule has 0 unspecified atom stereocenters. The molecule has 3 rings (SSSR count). The number of rotatable bonds is 3. The van der Waals surface area contributed by atoms with Crippen molar-refractivity contribution in [2.24, 2.45) is 7.05 Å². The number of nitrogens with one attached hydrogen (secondary N) is 1. The molecule has 2 fully saturated rings. The van der Waals surface area contributed by atoms with Crippen molar-refractivity contribution in [2.45, 2.75) is 32.6 Å². The molecule has 2 aliphatic heterocycles. The van der Waals surface area contributed by atoms with Gasteiger partial charge < -0.3 is 10.2 Å². The third-order valence-electron chi connectivity index (χ3n) is 4.96. The van der Waals surface area contributed by atoms with E-state index in [0.29, 0.717) is 51.4 Å². The first-order chi connectivity index (χ1) is 12.4. The third-order valence-corrected chi connectivity index (χ3v) is 7.00. The van der Waals surface area contributed by atoms with Crippen molar-refractivity contribution in [1.82, 2.24) is 23.3 Å². The van der Waals surface area contributed by atoms with Gasteiger partial charge in [-0.25, -0.2) is 4.79 Å². The van der Waals surface area contributed by atoms with Gasteiger partial charge in [0.2, 0.25) is 0 Å². The maximum absolute atomic E-state index is 12.8. The van der Waals surface area contributed by atoms with Crippen LogP contribution in [0.5, 0.6) is 0 Å². The Bertz CT molecular complexity index is 741. The summed E-state index contributed by atoms with van der Waals surface area (Å²) in [5.41, 5.74) is 1.43. The van der Waals surface area contributed by atoms with Crippen molar-refractivity contribution < 1.29 is 13.2 Å². The minimum absolute atomic E-state index is 0.210. The van der Waals surface area contributed by atoms with E-state index in [4.69, 9.17) is 0 Å². The van der Waals surface area contributed by atoms with E-state index in [-0.39, 0.29) is 6.03 Å². The van der Waals surface area contributed by atoms with E-state index >= 15 is 0 Å². The fraction of sp³-hybridized carbons (Fsp3) is 0.750. The molecule has 3 heterocycles. The molecule has 9 nitrogen and oxygen atoms in total. The number of amides is 2. The summed E-state index contributed by atoms with van der Waals surface area (Å²) < 4.78 is 30.4. The normalized spacial score (nSPS) is 20.8. The van der Waals surface area contributed by atoms with Gasteiger partial charge in [0.25, 0.3) is 10.2 Å². The Morgan fingerprint density at radius 2 is 1.65 bits per heavy atom. The van der Waals surface area contributed by atoms with E-state index in [1.807, 2.05) is 6.92 Å². The summed E-state index contributed by atoms with van der Waals surface area (Å²) in [6.45, 7) is 4.75. The molecule has 0 bridgehead atoms. The molecule has 0 spiro atoms. The molecule has 26 heavy (non-hydrogen) atoms. The first-order valence-electron chi connectivity index (χ1n) is 9.19. The predicted molar refractivity (Wildman–Crippen MR) is 99.1 cm³/mol. The summed E-state index contributed by atoms with van der Waals surface area (Å²) in [5, 5.41) is 7.08. The lowest BCUT2D eigenvalue weighted by Crippen LogP contribution is -2.47. The molecular weight excluding hydrogens is 356 g/mol. The van der Waals surface area contributed by atoms with Crippen molar-refractivity contribution in [3.05, 3.63) is 11.9 Å². The van der Waals surface area contributed by atoms with E-state index < -0.39 is 10.2 Å². The SMILES string of the molecule is Cc1nn(C)cc1NC(=O)N1CCCN(S(=O)(=O)N2CCCCC2)CC1. The highest BCUT2D eigenvalue weighted by atomic mass is 32.2. The number of anilines is 1. The second-order valence-corrected chi connectivity index (χ2v) is 8.87. The van der Waals surface area contributed by atoms with Gasteiger partial charge in [-0.05, 0) is 26.2 Å². The number of nitrogens with zero attached hydrogens (tertiary/aromatic N) is 5. The molecule has 2 saturated heterocycles. The number of carbonyl (C=O) groups is 1. The summed E-state index contributed by atoms with van der Waals surface area (Å²) in [5.74, 6) is 0. The molecule has 10 heteroatoms. The van der Waals surface area contributed by atoms with Gasteiger partial charge in [-0.15, -0.1) is 0 Å².